The van der Waals surface area contributed by atoms with Gasteiger partial charge in [-0.2, -0.15) is 0 Å². The fourth-order valence-electron chi connectivity index (χ4n) is 2.76. The summed E-state index contributed by atoms with van der Waals surface area (Å²) in [6.45, 7) is 10.9. The Bertz CT molecular complexity index is 340. The highest BCUT2D eigenvalue weighted by Gasteiger charge is 2.29. The van der Waals surface area contributed by atoms with E-state index < -0.39 is 0 Å². The maximum absolute atomic E-state index is 6.14. The molecule has 0 aromatic carbocycles. The van der Waals surface area contributed by atoms with Gasteiger partial charge in [0.05, 0.1) is 12.3 Å². The SMILES string of the molecule is CC(N)C(c1ccco1)N1CCN(C(C)C)CC1. The summed E-state index contributed by atoms with van der Waals surface area (Å²) in [5.41, 5.74) is 6.14. The summed E-state index contributed by atoms with van der Waals surface area (Å²) in [4.78, 5) is 4.96. The van der Waals surface area contributed by atoms with Crippen LogP contribution in [0.2, 0.25) is 0 Å². The first-order chi connectivity index (χ1) is 8.59. The van der Waals surface area contributed by atoms with E-state index in [1.54, 1.807) is 6.26 Å². The van der Waals surface area contributed by atoms with Crippen LogP contribution in [0.1, 0.15) is 32.6 Å². The molecule has 1 aliphatic heterocycles. The van der Waals surface area contributed by atoms with Crippen molar-refractivity contribution in [2.24, 2.45) is 5.73 Å². The highest BCUT2D eigenvalue weighted by atomic mass is 16.3. The molecule has 4 heteroatoms. The minimum atomic E-state index is 0.0850. The van der Waals surface area contributed by atoms with Gasteiger partial charge in [-0.1, -0.05) is 0 Å². The van der Waals surface area contributed by atoms with Crippen molar-refractivity contribution in [1.29, 1.82) is 0 Å². The molecule has 1 aromatic rings. The summed E-state index contributed by atoms with van der Waals surface area (Å²) in [7, 11) is 0. The van der Waals surface area contributed by atoms with Gasteiger partial charge >= 0.3 is 0 Å². The molecule has 0 bridgehead atoms. The van der Waals surface area contributed by atoms with E-state index in [1.165, 1.54) is 0 Å². The zero-order valence-electron chi connectivity index (χ0n) is 11.7. The Morgan fingerprint density at radius 1 is 1.11 bits per heavy atom. The second kappa shape index (κ2) is 5.87. The maximum Gasteiger partial charge on any atom is 0.122 e. The average Bonchev–Trinajstić information content (AvgIpc) is 2.83. The van der Waals surface area contributed by atoms with Crippen LogP contribution in [0.4, 0.5) is 0 Å². The summed E-state index contributed by atoms with van der Waals surface area (Å²) in [6.07, 6.45) is 1.73. The first-order valence-corrected chi connectivity index (χ1v) is 6.86. The summed E-state index contributed by atoms with van der Waals surface area (Å²) < 4.78 is 5.55. The molecule has 0 spiro atoms. The Morgan fingerprint density at radius 2 is 1.72 bits per heavy atom. The standard InChI is InChI=1S/C14H25N3O/c1-11(2)16-6-8-17(9-7-16)14(12(3)15)13-5-4-10-18-13/h4-5,10-12,14H,6-9,15H2,1-3H3. The van der Waals surface area contributed by atoms with E-state index in [9.17, 15) is 0 Å². The van der Waals surface area contributed by atoms with Crippen molar-refractivity contribution in [3.63, 3.8) is 0 Å². The molecule has 2 rings (SSSR count). The molecule has 0 amide bonds. The topological polar surface area (TPSA) is 45.6 Å². The third-order valence-electron chi connectivity index (χ3n) is 3.81. The summed E-state index contributed by atoms with van der Waals surface area (Å²) in [5.74, 6) is 0.989. The van der Waals surface area contributed by atoms with E-state index in [4.69, 9.17) is 10.2 Å². The minimum Gasteiger partial charge on any atom is -0.468 e. The summed E-state index contributed by atoms with van der Waals surface area (Å²) >= 11 is 0. The Labute approximate surface area is 110 Å². The zero-order valence-corrected chi connectivity index (χ0v) is 11.7. The lowest BCUT2D eigenvalue weighted by Crippen LogP contribution is -2.52. The fraction of sp³-hybridized carbons (Fsp3) is 0.714. The van der Waals surface area contributed by atoms with Gasteiger partial charge in [0.15, 0.2) is 0 Å². The second-order valence-electron chi connectivity index (χ2n) is 5.49. The fourth-order valence-corrected chi connectivity index (χ4v) is 2.76. The molecule has 2 N–H and O–H groups in total. The molecule has 1 saturated heterocycles. The highest BCUT2D eigenvalue weighted by molar-refractivity contribution is 5.08. The molecular weight excluding hydrogens is 226 g/mol. The predicted molar refractivity (Wildman–Crippen MR) is 73.4 cm³/mol. The van der Waals surface area contributed by atoms with Crippen molar-refractivity contribution in [2.75, 3.05) is 26.2 Å². The van der Waals surface area contributed by atoms with Crippen molar-refractivity contribution in [2.45, 2.75) is 38.9 Å². The van der Waals surface area contributed by atoms with Crippen LogP contribution in [0.5, 0.6) is 0 Å². The summed E-state index contributed by atoms with van der Waals surface area (Å²) in [6, 6.07) is 4.89. The van der Waals surface area contributed by atoms with Gasteiger partial charge in [-0.15, -0.1) is 0 Å². The number of furan rings is 1. The Hall–Kier alpha value is -0.840. The second-order valence-corrected chi connectivity index (χ2v) is 5.49. The van der Waals surface area contributed by atoms with Gasteiger partial charge in [-0.25, -0.2) is 0 Å². The first kappa shape index (κ1) is 13.6. The lowest BCUT2D eigenvalue weighted by atomic mass is 10.0. The molecule has 1 aliphatic rings. The molecule has 102 valence electrons. The van der Waals surface area contributed by atoms with E-state index >= 15 is 0 Å². The van der Waals surface area contributed by atoms with Crippen molar-refractivity contribution in [3.8, 4) is 0 Å². The Balaban J connectivity index is 2.02. The molecule has 1 aromatic heterocycles. The van der Waals surface area contributed by atoms with Crippen LogP contribution in [-0.4, -0.2) is 48.1 Å². The number of rotatable bonds is 4. The Kier molecular flexibility index (Phi) is 4.43. The molecule has 18 heavy (non-hydrogen) atoms. The van der Waals surface area contributed by atoms with Crippen molar-refractivity contribution < 1.29 is 4.42 Å². The van der Waals surface area contributed by atoms with Gasteiger partial charge in [-0.3, -0.25) is 9.80 Å². The van der Waals surface area contributed by atoms with Crippen LogP contribution in [0.15, 0.2) is 22.8 Å². The van der Waals surface area contributed by atoms with Crippen LogP contribution in [0.3, 0.4) is 0 Å². The molecule has 0 aliphatic carbocycles. The molecular formula is C14H25N3O. The van der Waals surface area contributed by atoms with Crippen LogP contribution in [0.25, 0.3) is 0 Å². The molecule has 2 atom stereocenters. The van der Waals surface area contributed by atoms with Crippen molar-refractivity contribution >= 4 is 0 Å². The number of hydrogen-bond acceptors (Lipinski definition) is 4. The Morgan fingerprint density at radius 3 is 2.17 bits per heavy atom. The van der Waals surface area contributed by atoms with Gasteiger partial charge < -0.3 is 10.2 Å². The van der Waals surface area contributed by atoms with Crippen molar-refractivity contribution in [3.05, 3.63) is 24.2 Å². The molecule has 1 fully saturated rings. The lowest BCUT2D eigenvalue weighted by molar-refractivity contribution is 0.0625. The lowest BCUT2D eigenvalue weighted by Gasteiger charge is -2.41. The summed E-state index contributed by atoms with van der Waals surface area (Å²) in [5, 5.41) is 0. The number of nitrogens with two attached hydrogens (primary N) is 1. The third-order valence-corrected chi connectivity index (χ3v) is 3.81. The number of hydrogen-bond donors (Lipinski definition) is 1. The van der Waals surface area contributed by atoms with Gasteiger partial charge in [0, 0.05) is 38.3 Å². The van der Waals surface area contributed by atoms with Gasteiger partial charge in [0.25, 0.3) is 0 Å². The third kappa shape index (κ3) is 2.94. The van der Waals surface area contributed by atoms with E-state index in [0.29, 0.717) is 6.04 Å². The normalized spacial score (nSPS) is 22.3. The number of piperazine rings is 1. The highest BCUT2D eigenvalue weighted by Crippen LogP contribution is 2.25. The molecule has 2 unspecified atom stereocenters. The van der Waals surface area contributed by atoms with E-state index in [1.807, 2.05) is 12.1 Å². The van der Waals surface area contributed by atoms with Crippen molar-refractivity contribution in [1.82, 2.24) is 9.80 Å². The van der Waals surface area contributed by atoms with Gasteiger partial charge in [0.2, 0.25) is 0 Å². The minimum absolute atomic E-state index is 0.0850. The van der Waals surface area contributed by atoms with E-state index in [2.05, 4.69) is 30.6 Å². The smallest absolute Gasteiger partial charge is 0.122 e. The van der Waals surface area contributed by atoms with Gasteiger partial charge in [-0.05, 0) is 32.9 Å². The van der Waals surface area contributed by atoms with E-state index in [0.717, 1.165) is 31.9 Å². The van der Waals surface area contributed by atoms with E-state index in [-0.39, 0.29) is 12.1 Å². The predicted octanol–water partition coefficient (Wildman–Crippen LogP) is 1.69. The van der Waals surface area contributed by atoms with Gasteiger partial charge in [0.1, 0.15) is 5.76 Å². The molecule has 2 heterocycles. The molecule has 4 nitrogen and oxygen atoms in total. The van der Waals surface area contributed by atoms with Crippen LogP contribution < -0.4 is 5.73 Å². The average molecular weight is 251 g/mol. The number of nitrogens with zero attached hydrogens (tertiary/aromatic N) is 2. The van der Waals surface area contributed by atoms with Crippen LogP contribution in [0, 0.1) is 0 Å². The van der Waals surface area contributed by atoms with Crippen LogP contribution in [-0.2, 0) is 0 Å². The molecule has 0 saturated carbocycles. The largest absolute Gasteiger partial charge is 0.468 e. The first-order valence-electron chi connectivity index (χ1n) is 6.86. The quantitative estimate of drug-likeness (QED) is 0.884. The zero-order chi connectivity index (χ0) is 13.1. The molecule has 0 radical (unpaired) electrons. The van der Waals surface area contributed by atoms with Crippen LogP contribution >= 0.6 is 0 Å². The monoisotopic (exact) mass is 251 g/mol. The maximum atomic E-state index is 6.14.